The molecule has 0 aromatic carbocycles. The molecule has 3 rings (SSSR count). The van der Waals surface area contributed by atoms with Crippen LogP contribution in [0.2, 0.25) is 0 Å². The zero-order valence-electron chi connectivity index (χ0n) is 12.5. The van der Waals surface area contributed by atoms with E-state index in [0.717, 1.165) is 47.5 Å². The van der Waals surface area contributed by atoms with Gasteiger partial charge in [0.15, 0.2) is 5.76 Å². The van der Waals surface area contributed by atoms with Crippen LogP contribution in [0.3, 0.4) is 0 Å². The molecule has 21 heavy (non-hydrogen) atoms. The second-order valence-corrected chi connectivity index (χ2v) is 5.37. The van der Waals surface area contributed by atoms with Crippen molar-refractivity contribution in [1.29, 1.82) is 0 Å². The molecule has 0 saturated carbocycles. The molecular formula is C15H19N5O. The average molecular weight is 285 g/mol. The van der Waals surface area contributed by atoms with Crippen LogP contribution in [0, 0.1) is 13.8 Å². The summed E-state index contributed by atoms with van der Waals surface area (Å²) >= 11 is 0. The lowest BCUT2D eigenvalue weighted by Crippen LogP contribution is -2.18. The minimum absolute atomic E-state index is 0.766. The molecule has 2 N–H and O–H groups in total. The summed E-state index contributed by atoms with van der Waals surface area (Å²) in [7, 11) is 2.05. The molecule has 0 aliphatic carbocycles. The molecule has 3 heterocycles. The molecule has 0 atom stereocenters. The van der Waals surface area contributed by atoms with E-state index >= 15 is 0 Å². The third kappa shape index (κ3) is 3.22. The van der Waals surface area contributed by atoms with Crippen LogP contribution < -0.4 is 0 Å². The molecule has 3 aromatic rings. The van der Waals surface area contributed by atoms with Crippen LogP contribution in [0.4, 0.5) is 0 Å². The zero-order valence-corrected chi connectivity index (χ0v) is 12.5. The van der Waals surface area contributed by atoms with E-state index in [1.165, 1.54) is 0 Å². The average Bonchev–Trinajstić information content (AvgIpc) is 3.12. The van der Waals surface area contributed by atoms with Crippen molar-refractivity contribution >= 4 is 0 Å². The number of H-pyrrole nitrogens is 2. The van der Waals surface area contributed by atoms with Crippen LogP contribution in [0.5, 0.6) is 0 Å². The maximum absolute atomic E-state index is 5.58. The van der Waals surface area contributed by atoms with Gasteiger partial charge in [0.25, 0.3) is 0 Å². The Morgan fingerprint density at radius 1 is 1.24 bits per heavy atom. The lowest BCUT2D eigenvalue weighted by atomic mass is 10.3. The fraction of sp³-hybridized carbons (Fsp3) is 0.333. The number of imidazole rings is 1. The minimum atomic E-state index is 0.766. The Balaban J connectivity index is 1.64. The van der Waals surface area contributed by atoms with Crippen LogP contribution in [0.25, 0.3) is 11.5 Å². The summed E-state index contributed by atoms with van der Waals surface area (Å²) in [5.41, 5.74) is 2.96. The highest BCUT2D eigenvalue weighted by atomic mass is 16.3. The van der Waals surface area contributed by atoms with Crippen LogP contribution in [-0.2, 0) is 13.1 Å². The Kier molecular flexibility index (Phi) is 3.62. The lowest BCUT2D eigenvalue weighted by Gasteiger charge is -2.13. The fourth-order valence-electron chi connectivity index (χ4n) is 2.29. The van der Waals surface area contributed by atoms with Gasteiger partial charge in [-0.15, -0.1) is 0 Å². The first-order valence-corrected chi connectivity index (χ1v) is 6.90. The number of hydrogen-bond donors (Lipinski definition) is 2. The number of aromatic nitrogens is 4. The summed E-state index contributed by atoms with van der Waals surface area (Å²) in [6.07, 6.45) is 1.84. The molecule has 0 fully saturated rings. The molecule has 110 valence electrons. The van der Waals surface area contributed by atoms with Gasteiger partial charge in [0.2, 0.25) is 0 Å². The summed E-state index contributed by atoms with van der Waals surface area (Å²) in [6, 6.07) is 5.89. The van der Waals surface area contributed by atoms with Crippen molar-refractivity contribution in [1.82, 2.24) is 25.1 Å². The fourth-order valence-corrected chi connectivity index (χ4v) is 2.29. The first-order valence-electron chi connectivity index (χ1n) is 6.90. The third-order valence-corrected chi connectivity index (χ3v) is 3.24. The highest BCUT2D eigenvalue weighted by Gasteiger charge is 2.10. The van der Waals surface area contributed by atoms with E-state index < -0.39 is 0 Å². The summed E-state index contributed by atoms with van der Waals surface area (Å²) < 4.78 is 5.58. The number of nitrogens with zero attached hydrogens (tertiary/aromatic N) is 3. The predicted molar refractivity (Wildman–Crippen MR) is 79.5 cm³/mol. The maximum Gasteiger partial charge on any atom is 0.154 e. The highest BCUT2D eigenvalue weighted by Crippen LogP contribution is 2.20. The van der Waals surface area contributed by atoms with E-state index in [9.17, 15) is 0 Å². The standard InChI is InChI=1S/C15H19N5O/c1-10-7-16-15(17-10)9-20(3)8-12-6-13(19-18-12)14-5-4-11(2)21-14/h4-7H,8-9H2,1-3H3,(H,16,17)(H,18,19). The van der Waals surface area contributed by atoms with Gasteiger partial charge in [-0.05, 0) is 39.1 Å². The number of furan rings is 1. The lowest BCUT2D eigenvalue weighted by molar-refractivity contribution is 0.307. The molecule has 6 heteroatoms. The zero-order chi connectivity index (χ0) is 14.8. The molecule has 0 aliphatic heterocycles. The second-order valence-electron chi connectivity index (χ2n) is 5.37. The van der Waals surface area contributed by atoms with Crippen molar-refractivity contribution in [2.75, 3.05) is 7.05 Å². The summed E-state index contributed by atoms with van der Waals surface area (Å²) in [5, 5.41) is 7.35. The molecule has 0 radical (unpaired) electrons. The molecule has 0 bridgehead atoms. The summed E-state index contributed by atoms with van der Waals surface area (Å²) in [4.78, 5) is 9.72. The monoisotopic (exact) mass is 285 g/mol. The van der Waals surface area contributed by atoms with Gasteiger partial charge in [0.1, 0.15) is 17.3 Å². The number of aromatic amines is 2. The van der Waals surface area contributed by atoms with E-state index in [1.54, 1.807) is 0 Å². The van der Waals surface area contributed by atoms with Crippen molar-refractivity contribution in [3.63, 3.8) is 0 Å². The van der Waals surface area contributed by atoms with Crippen molar-refractivity contribution < 1.29 is 4.42 Å². The van der Waals surface area contributed by atoms with E-state index in [2.05, 4.69) is 32.1 Å². The number of hydrogen-bond acceptors (Lipinski definition) is 4. The smallest absolute Gasteiger partial charge is 0.154 e. The molecule has 0 amide bonds. The topological polar surface area (TPSA) is 73.7 Å². The van der Waals surface area contributed by atoms with E-state index in [4.69, 9.17) is 4.42 Å². The molecule has 0 unspecified atom stereocenters. The highest BCUT2D eigenvalue weighted by molar-refractivity contribution is 5.52. The minimum Gasteiger partial charge on any atom is -0.460 e. The number of aryl methyl sites for hydroxylation is 2. The number of rotatable bonds is 5. The van der Waals surface area contributed by atoms with Gasteiger partial charge in [-0.3, -0.25) is 10.00 Å². The maximum atomic E-state index is 5.58. The second kappa shape index (κ2) is 5.57. The van der Waals surface area contributed by atoms with Crippen molar-refractivity contribution in [2.24, 2.45) is 0 Å². The molecule has 0 aliphatic rings. The van der Waals surface area contributed by atoms with Gasteiger partial charge in [0, 0.05) is 24.1 Å². The molecule has 0 spiro atoms. The first-order chi connectivity index (χ1) is 10.1. The molecule has 6 nitrogen and oxygen atoms in total. The molecule has 3 aromatic heterocycles. The van der Waals surface area contributed by atoms with Crippen molar-refractivity contribution in [3.8, 4) is 11.5 Å². The summed E-state index contributed by atoms with van der Waals surface area (Å²) in [6.45, 7) is 5.47. The summed E-state index contributed by atoms with van der Waals surface area (Å²) in [5.74, 6) is 2.65. The Morgan fingerprint density at radius 2 is 2.10 bits per heavy atom. The Hall–Kier alpha value is -2.34. The van der Waals surface area contributed by atoms with Crippen LogP contribution in [0.15, 0.2) is 28.8 Å². The SMILES string of the molecule is Cc1cnc(CN(C)Cc2cc(-c3ccc(C)o3)n[nH]2)[nH]1. The van der Waals surface area contributed by atoms with Gasteiger partial charge in [-0.2, -0.15) is 5.10 Å². The van der Waals surface area contributed by atoms with Gasteiger partial charge in [-0.1, -0.05) is 0 Å². The van der Waals surface area contributed by atoms with E-state index in [1.807, 2.05) is 38.2 Å². The normalized spacial score (nSPS) is 11.4. The van der Waals surface area contributed by atoms with E-state index in [-0.39, 0.29) is 0 Å². The Labute approximate surface area is 123 Å². The molecule has 0 saturated heterocycles. The van der Waals surface area contributed by atoms with Gasteiger partial charge < -0.3 is 9.40 Å². The number of nitrogens with one attached hydrogen (secondary N) is 2. The van der Waals surface area contributed by atoms with Gasteiger partial charge in [0.05, 0.1) is 6.54 Å². The third-order valence-electron chi connectivity index (χ3n) is 3.24. The Morgan fingerprint density at radius 3 is 2.76 bits per heavy atom. The van der Waals surface area contributed by atoms with E-state index in [0.29, 0.717) is 0 Å². The quantitative estimate of drug-likeness (QED) is 0.755. The van der Waals surface area contributed by atoms with Gasteiger partial charge >= 0.3 is 0 Å². The van der Waals surface area contributed by atoms with Crippen LogP contribution in [0.1, 0.15) is 23.0 Å². The first kappa shape index (κ1) is 13.6. The van der Waals surface area contributed by atoms with Crippen molar-refractivity contribution in [2.45, 2.75) is 26.9 Å². The van der Waals surface area contributed by atoms with Crippen molar-refractivity contribution in [3.05, 3.63) is 47.4 Å². The largest absolute Gasteiger partial charge is 0.460 e. The van der Waals surface area contributed by atoms with Gasteiger partial charge in [-0.25, -0.2) is 4.98 Å². The predicted octanol–water partition coefficient (Wildman–Crippen LogP) is 2.64. The van der Waals surface area contributed by atoms with Crippen LogP contribution >= 0.6 is 0 Å². The molecular weight excluding hydrogens is 266 g/mol. The Bertz CT molecular complexity index is 724. The van der Waals surface area contributed by atoms with Crippen LogP contribution in [-0.4, -0.2) is 32.1 Å².